The molecule has 0 saturated heterocycles. The molecule has 2 N–H and O–H groups in total. The van der Waals surface area contributed by atoms with Crippen LogP contribution in [0.3, 0.4) is 0 Å². The molecule has 0 fully saturated rings. The van der Waals surface area contributed by atoms with Crippen molar-refractivity contribution in [3.05, 3.63) is 40.6 Å². The molecule has 2 aromatic rings. The number of nitrogens with zero attached hydrogens (tertiary/aromatic N) is 4. The highest BCUT2D eigenvalue weighted by Gasteiger charge is 2.18. The van der Waals surface area contributed by atoms with Gasteiger partial charge in [0.05, 0.1) is 12.2 Å². The van der Waals surface area contributed by atoms with E-state index in [1.165, 1.54) is 12.5 Å². The van der Waals surface area contributed by atoms with Crippen molar-refractivity contribution in [2.45, 2.75) is 19.4 Å². The third kappa shape index (κ3) is 2.84. The van der Waals surface area contributed by atoms with E-state index in [-0.39, 0.29) is 23.2 Å². The van der Waals surface area contributed by atoms with E-state index < -0.39 is 0 Å². The summed E-state index contributed by atoms with van der Waals surface area (Å²) in [4.78, 5) is 33.1. The highest BCUT2D eigenvalue weighted by Crippen LogP contribution is 2.12. The molecule has 0 bridgehead atoms. The van der Waals surface area contributed by atoms with Gasteiger partial charge in [-0.3, -0.25) is 14.3 Å². The smallest absolute Gasteiger partial charge is 0.271 e. The van der Waals surface area contributed by atoms with E-state index in [1.54, 1.807) is 11.7 Å². The molecule has 2 heterocycles. The van der Waals surface area contributed by atoms with Gasteiger partial charge in [-0.25, -0.2) is 9.97 Å². The van der Waals surface area contributed by atoms with Crippen molar-refractivity contribution in [2.75, 3.05) is 0 Å². The average Bonchev–Trinajstić information content (AvgIpc) is 2.83. The number of H-pyrrole nitrogens is 1. The van der Waals surface area contributed by atoms with E-state index in [4.69, 9.17) is 0 Å². The lowest BCUT2D eigenvalue weighted by Crippen LogP contribution is -2.31. The Morgan fingerprint density at radius 2 is 2.32 bits per heavy atom. The summed E-state index contributed by atoms with van der Waals surface area (Å²) in [6, 6.07) is -0.256. The van der Waals surface area contributed by atoms with Crippen LogP contribution < -0.4 is 10.9 Å². The number of aromatic nitrogens is 5. The lowest BCUT2D eigenvalue weighted by atomic mass is 10.2. The second kappa shape index (κ2) is 5.42. The minimum Gasteiger partial charge on any atom is -0.341 e. The topological polar surface area (TPSA) is 106 Å². The second-order valence-corrected chi connectivity index (χ2v) is 3.97. The third-order valence-corrected chi connectivity index (χ3v) is 2.68. The van der Waals surface area contributed by atoms with E-state index in [1.807, 2.05) is 6.92 Å². The summed E-state index contributed by atoms with van der Waals surface area (Å²) in [5.74, 6) is 0.298. The van der Waals surface area contributed by atoms with Crippen molar-refractivity contribution < 1.29 is 4.79 Å². The van der Waals surface area contributed by atoms with Crippen molar-refractivity contribution in [3.63, 3.8) is 0 Å². The minimum absolute atomic E-state index is 0.153. The molecule has 2 rings (SSSR count). The van der Waals surface area contributed by atoms with Crippen LogP contribution >= 0.6 is 0 Å². The maximum atomic E-state index is 12.0. The standard InChI is InChI=1S/C11H14N6O2/c1-3-7(10-14-6-15-17(10)2)16-11(19)8-4-13-9(18)5-12-8/h4-7H,3H2,1-2H3,(H,13,18)(H,16,19)/t7-/m1/s1. The first-order valence-electron chi connectivity index (χ1n) is 5.81. The van der Waals surface area contributed by atoms with E-state index in [0.29, 0.717) is 12.2 Å². The van der Waals surface area contributed by atoms with Gasteiger partial charge in [0.2, 0.25) is 0 Å². The lowest BCUT2D eigenvalue weighted by molar-refractivity contribution is 0.0927. The van der Waals surface area contributed by atoms with E-state index >= 15 is 0 Å². The summed E-state index contributed by atoms with van der Waals surface area (Å²) in [6.07, 6.45) is 4.45. The van der Waals surface area contributed by atoms with Gasteiger partial charge in [0.1, 0.15) is 17.8 Å². The molecular formula is C11H14N6O2. The molecule has 0 aliphatic rings. The Morgan fingerprint density at radius 1 is 1.53 bits per heavy atom. The molecule has 0 radical (unpaired) electrons. The van der Waals surface area contributed by atoms with Crippen LogP contribution in [0.2, 0.25) is 0 Å². The number of rotatable bonds is 4. The van der Waals surface area contributed by atoms with Crippen LogP contribution in [0, 0.1) is 0 Å². The number of hydrogen-bond donors (Lipinski definition) is 2. The van der Waals surface area contributed by atoms with Crippen molar-refractivity contribution in [2.24, 2.45) is 7.05 Å². The monoisotopic (exact) mass is 262 g/mol. The number of nitrogens with one attached hydrogen (secondary N) is 2. The van der Waals surface area contributed by atoms with Gasteiger partial charge in [-0.2, -0.15) is 5.10 Å². The van der Waals surface area contributed by atoms with Crippen LogP contribution in [0.15, 0.2) is 23.5 Å². The molecular weight excluding hydrogens is 248 g/mol. The summed E-state index contributed by atoms with van der Waals surface area (Å²) in [5, 5.41) is 6.77. The molecule has 0 aromatic carbocycles. The largest absolute Gasteiger partial charge is 0.341 e. The fourth-order valence-electron chi connectivity index (χ4n) is 1.67. The first kappa shape index (κ1) is 12.9. The van der Waals surface area contributed by atoms with Crippen molar-refractivity contribution in [1.82, 2.24) is 30.0 Å². The van der Waals surface area contributed by atoms with Gasteiger partial charge >= 0.3 is 0 Å². The first-order chi connectivity index (χ1) is 9.11. The zero-order chi connectivity index (χ0) is 13.8. The van der Waals surface area contributed by atoms with Gasteiger partial charge in [0.15, 0.2) is 0 Å². The van der Waals surface area contributed by atoms with Crippen LogP contribution in [0.25, 0.3) is 0 Å². The van der Waals surface area contributed by atoms with Gasteiger partial charge in [0.25, 0.3) is 11.5 Å². The van der Waals surface area contributed by atoms with Crippen LogP contribution in [0.1, 0.15) is 35.7 Å². The quantitative estimate of drug-likeness (QED) is 0.792. The van der Waals surface area contributed by atoms with Crippen molar-refractivity contribution >= 4 is 5.91 Å². The van der Waals surface area contributed by atoms with Crippen LogP contribution in [-0.2, 0) is 7.05 Å². The molecule has 0 spiro atoms. The lowest BCUT2D eigenvalue weighted by Gasteiger charge is -2.15. The van der Waals surface area contributed by atoms with Crippen molar-refractivity contribution in [3.8, 4) is 0 Å². The Balaban J connectivity index is 2.15. The highest BCUT2D eigenvalue weighted by molar-refractivity contribution is 5.92. The predicted molar refractivity (Wildman–Crippen MR) is 66.4 cm³/mol. The SMILES string of the molecule is CC[C@@H](NC(=O)c1c[nH]c(=O)cn1)c1ncnn1C. The number of aryl methyl sites for hydroxylation is 1. The summed E-state index contributed by atoms with van der Waals surface area (Å²) in [5.41, 5.74) is -0.197. The molecule has 0 saturated carbocycles. The van der Waals surface area contributed by atoms with Gasteiger partial charge in [0, 0.05) is 13.2 Å². The van der Waals surface area contributed by atoms with Crippen molar-refractivity contribution in [1.29, 1.82) is 0 Å². The number of aromatic amines is 1. The van der Waals surface area contributed by atoms with Crippen LogP contribution in [0.4, 0.5) is 0 Å². The van der Waals surface area contributed by atoms with Crippen LogP contribution in [-0.4, -0.2) is 30.6 Å². The Hall–Kier alpha value is -2.51. The van der Waals surface area contributed by atoms with Gasteiger partial charge in [-0.15, -0.1) is 0 Å². The zero-order valence-electron chi connectivity index (χ0n) is 10.6. The Labute approximate surface area is 108 Å². The molecule has 8 heteroatoms. The predicted octanol–water partition coefficient (Wildman–Crippen LogP) is -0.221. The fraction of sp³-hybridized carbons (Fsp3) is 0.364. The normalized spacial score (nSPS) is 12.1. The maximum Gasteiger partial charge on any atom is 0.271 e. The van der Waals surface area contributed by atoms with E-state index in [9.17, 15) is 9.59 Å². The number of amides is 1. The van der Waals surface area contributed by atoms with Gasteiger partial charge in [-0.05, 0) is 6.42 Å². The summed E-state index contributed by atoms with van der Waals surface area (Å²) < 4.78 is 1.61. The molecule has 100 valence electrons. The van der Waals surface area contributed by atoms with E-state index in [2.05, 4.69) is 25.4 Å². The molecule has 0 unspecified atom stereocenters. The minimum atomic E-state index is -0.369. The summed E-state index contributed by atoms with van der Waals surface area (Å²) in [7, 11) is 1.76. The highest BCUT2D eigenvalue weighted by atomic mass is 16.2. The third-order valence-electron chi connectivity index (χ3n) is 2.68. The molecule has 2 aromatic heterocycles. The molecule has 0 aliphatic heterocycles. The average molecular weight is 262 g/mol. The van der Waals surface area contributed by atoms with Gasteiger partial charge < -0.3 is 10.3 Å². The second-order valence-electron chi connectivity index (χ2n) is 3.97. The fourth-order valence-corrected chi connectivity index (χ4v) is 1.67. The maximum absolute atomic E-state index is 12.0. The Kier molecular flexibility index (Phi) is 3.69. The number of carbonyl (C=O) groups is 1. The molecule has 0 aliphatic carbocycles. The Morgan fingerprint density at radius 3 is 2.84 bits per heavy atom. The summed E-state index contributed by atoms with van der Waals surface area (Å²) in [6.45, 7) is 1.93. The molecule has 19 heavy (non-hydrogen) atoms. The molecule has 8 nitrogen and oxygen atoms in total. The molecule has 1 atom stereocenters. The molecule has 1 amide bonds. The zero-order valence-corrected chi connectivity index (χ0v) is 10.6. The van der Waals surface area contributed by atoms with E-state index in [0.717, 1.165) is 6.20 Å². The van der Waals surface area contributed by atoms with Crippen LogP contribution in [0.5, 0.6) is 0 Å². The number of hydrogen-bond acceptors (Lipinski definition) is 5. The summed E-state index contributed by atoms with van der Waals surface area (Å²) >= 11 is 0. The first-order valence-corrected chi connectivity index (χ1v) is 5.81. The Bertz CT molecular complexity index is 612. The number of carbonyl (C=O) groups excluding carboxylic acids is 1. The van der Waals surface area contributed by atoms with Gasteiger partial charge in [-0.1, -0.05) is 6.92 Å².